The molecule has 0 N–H and O–H groups in total. The van der Waals surface area contributed by atoms with Crippen LogP contribution in [0.4, 0.5) is 5.95 Å². The molecule has 1 aromatic rings. The largest absolute Gasteiger partial charge is 0.341 e. The van der Waals surface area contributed by atoms with Crippen LogP contribution in [0.1, 0.15) is 45.1 Å². The molecule has 1 heterocycles. The average molecular weight is 256 g/mol. The molecule has 17 heavy (non-hydrogen) atoms. The van der Waals surface area contributed by atoms with Crippen molar-refractivity contribution in [1.29, 1.82) is 0 Å². The highest BCUT2D eigenvalue weighted by atomic mass is 35.5. The summed E-state index contributed by atoms with van der Waals surface area (Å²) >= 11 is 5.73. The Labute approximate surface area is 109 Å². The van der Waals surface area contributed by atoms with Crippen molar-refractivity contribution in [2.24, 2.45) is 0 Å². The summed E-state index contributed by atoms with van der Waals surface area (Å²) < 4.78 is 0. The summed E-state index contributed by atoms with van der Waals surface area (Å²) in [5.41, 5.74) is 0.973. The van der Waals surface area contributed by atoms with Gasteiger partial charge >= 0.3 is 0 Å². The van der Waals surface area contributed by atoms with Gasteiger partial charge in [0.25, 0.3) is 0 Å². The predicted octanol–water partition coefficient (Wildman–Crippen LogP) is 3.62. The summed E-state index contributed by atoms with van der Waals surface area (Å²) in [6.07, 6.45) is 8.40. The van der Waals surface area contributed by atoms with Gasteiger partial charge in [-0.2, -0.15) is 0 Å². The number of hydrogen-bond acceptors (Lipinski definition) is 3. The van der Waals surface area contributed by atoms with Crippen molar-refractivity contribution in [3.8, 4) is 0 Å². The second kappa shape index (κ2) is 8.29. The molecular formula is C13H22ClN3. The van der Waals surface area contributed by atoms with Gasteiger partial charge in [0.15, 0.2) is 0 Å². The smallest absolute Gasteiger partial charge is 0.225 e. The second-order valence-corrected chi connectivity index (χ2v) is 4.49. The van der Waals surface area contributed by atoms with Gasteiger partial charge in [0.2, 0.25) is 5.95 Å². The van der Waals surface area contributed by atoms with Crippen molar-refractivity contribution < 1.29 is 0 Å². The molecular weight excluding hydrogens is 234 g/mol. The molecule has 0 radical (unpaired) electrons. The molecule has 0 fully saturated rings. The number of halogens is 1. The summed E-state index contributed by atoms with van der Waals surface area (Å²) in [5, 5.41) is 0. The van der Waals surface area contributed by atoms with Crippen LogP contribution in [0.5, 0.6) is 0 Å². The molecule has 0 atom stereocenters. The predicted molar refractivity (Wildman–Crippen MR) is 73.6 cm³/mol. The van der Waals surface area contributed by atoms with Crippen molar-refractivity contribution in [3.05, 3.63) is 18.0 Å². The SMILES string of the molecule is CCCCN(CCCC)c1ncc(CCl)cn1. The highest BCUT2D eigenvalue weighted by Gasteiger charge is 2.08. The lowest BCUT2D eigenvalue weighted by Gasteiger charge is -2.22. The van der Waals surface area contributed by atoms with Gasteiger partial charge in [-0.3, -0.25) is 0 Å². The number of anilines is 1. The summed E-state index contributed by atoms with van der Waals surface area (Å²) in [7, 11) is 0. The Balaban J connectivity index is 2.65. The van der Waals surface area contributed by atoms with Gasteiger partial charge in [-0.05, 0) is 12.8 Å². The lowest BCUT2D eigenvalue weighted by Crippen LogP contribution is -2.27. The molecule has 0 aliphatic heterocycles. The Morgan fingerprint density at radius 3 is 2.00 bits per heavy atom. The Morgan fingerprint density at radius 1 is 1.06 bits per heavy atom. The molecule has 0 spiro atoms. The van der Waals surface area contributed by atoms with Gasteiger partial charge < -0.3 is 4.90 Å². The third-order valence-electron chi connectivity index (χ3n) is 2.69. The van der Waals surface area contributed by atoms with Crippen molar-refractivity contribution in [3.63, 3.8) is 0 Å². The number of rotatable bonds is 8. The van der Waals surface area contributed by atoms with Crippen molar-refractivity contribution >= 4 is 17.5 Å². The highest BCUT2D eigenvalue weighted by molar-refractivity contribution is 6.17. The molecule has 0 unspecified atom stereocenters. The minimum atomic E-state index is 0.476. The molecule has 0 aliphatic carbocycles. The van der Waals surface area contributed by atoms with Crippen LogP contribution >= 0.6 is 11.6 Å². The van der Waals surface area contributed by atoms with E-state index in [2.05, 4.69) is 28.7 Å². The topological polar surface area (TPSA) is 29.0 Å². The third-order valence-corrected chi connectivity index (χ3v) is 3.00. The van der Waals surface area contributed by atoms with E-state index in [-0.39, 0.29) is 0 Å². The first-order valence-electron chi connectivity index (χ1n) is 6.43. The minimum absolute atomic E-state index is 0.476. The van der Waals surface area contributed by atoms with Crippen molar-refractivity contribution in [2.75, 3.05) is 18.0 Å². The van der Waals surface area contributed by atoms with Crippen LogP contribution in [0, 0.1) is 0 Å². The molecule has 96 valence electrons. The zero-order valence-corrected chi connectivity index (χ0v) is 11.6. The molecule has 3 nitrogen and oxygen atoms in total. The number of unbranched alkanes of at least 4 members (excludes halogenated alkanes) is 2. The molecule has 1 rings (SSSR count). The van der Waals surface area contributed by atoms with Crippen LogP contribution in [-0.2, 0) is 5.88 Å². The van der Waals surface area contributed by atoms with Crippen molar-refractivity contribution in [2.45, 2.75) is 45.4 Å². The molecule has 0 saturated carbocycles. The van der Waals surface area contributed by atoms with Crippen LogP contribution in [0.3, 0.4) is 0 Å². The van der Waals surface area contributed by atoms with Gasteiger partial charge in [0, 0.05) is 31.0 Å². The van der Waals surface area contributed by atoms with Crippen LogP contribution in [0.15, 0.2) is 12.4 Å². The van der Waals surface area contributed by atoms with Gasteiger partial charge in [-0.15, -0.1) is 11.6 Å². The second-order valence-electron chi connectivity index (χ2n) is 4.22. The Kier molecular flexibility index (Phi) is 6.94. The first kappa shape index (κ1) is 14.2. The molecule has 4 heteroatoms. The van der Waals surface area contributed by atoms with E-state index in [0.29, 0.717) is 5.88 Å². The van der Waals surface area contributed by atoms with Crippen LogP contribution in [0.2, 0.25) is 0 Å². The zero-order valence-electron chi connectivity index (χ0n) is 10.8. The zero-order chi connectivity index (χ0) is 12.5. The first-order chi connectivity index (χ1) is 8.31. The van der Waals surface area contributed by atoms with Gasteiger partial charge in [0.1, 0.15) is 0 Å². The third kappa shape index (κ3) is 4.90. The number of alkyl halides is 1. The maximum absolute atomic E-state index is 5.73. The van der Waals surface area contributed by atoms with E-state index in [1.165, 1.54) is 25.7 Å². The lowest BCUT2D eigenvalue weighted by atomic mass is 10.3. The molecule has 1 aromatic heterocycles. The van der Waals surface area contributed by atoms with Gasteiger partial charge in [0.05, 0.1) is 5.88 Å². The highest BCUT2D eigenvalue weighted by Crippen LogP contribution is 2.11. The standard InChI is InChI=1S/C13H22ClN3/c1-3-5-7-17(8-6-4-2)13-15-10-12(9-14)11-16-13/h10-11H,3-9H2,1-2H3. The molecule has 0 saturated heterocycles. The van der Waals surface area contributed by atoms with Gasteiger partial charge in [-0.25, -0.2) is 9.97 Å². The number of nitrogens with zero attached hydrogens (tertiary/aromatic N) is 3. The maximum Gasteiger partial charge on any atom is 0.225 e. The fourth-order valence-electron chi connectivity index (χ4n) is 1.59. The van der Waals surface area contributed by atoms with E-state index in [4.69, 9.17) is 11.6 Å². The van der Waals surface area contributed by atoms with Crippen molar-refractivity contribution in [1.82, 2.24) is 9.97 Å². The van der Waals surface area contributed by atoms with E-state index in [1.807, 2.05) is 12.4 Å². The molecule has 0 aromatic carbocycles. The van der Waals surface area contributed by atoms with Crippen LogP contribution in [-0.4, -0.2) is 23.1 Å². The van der Waals surface area contributed by atoms with Gasteiger partial charge in [-0.1, -0.05) is 26.7 Å². The van der Waals surface area contributed by atoms with E-state index in [1.54, 1.807) is 0 Å². The molecule has 0 bridgehead atoms. The van der Waals surface area contributed by atoms with E-state index < -0.39 is 0 Å². The molecule has 0 aliphatic rings. The van der Waals surface area contributed by atoms with Crippen LogP contribution < -0.4 is 4.90 Å². The molecule has 0 amide bonds. The van der Waals surface area contributed by atoms with E-state index in [0.717, 1.165) is 24.6 Å². The van der Waals surface area contributed by atoms with Crippen LogP contribution in [0.25, 0.3) is 0 Å². The summed E-state index contributed by atoms with van der Waals surface area (Å²) in [4.78, 5) is 11.0. The monoisotopic (exact) mass is 255 g/mol. The normalized spacial score (nSPS) is 10.5. The summed E-state index contributed by atoms with van der Waals surface area (Å²) in [6, 6.07) is 0. The maximum atomic E-state index is 5.73. The van der Waals surface area contributed by atoms with E-state index >= 15 is 0 Å². The quantitative estimate of drug-likeness (QED) is 0.665. The average Bonchev–Trinajstić information content (AvgIpc) is 2.39. The lowest BCUT2D eigenvalue weighted by molar-refractivity contribution is 0.662. The fourth-order valence-corrected chi connectivity index (χ4v) is 1.73. The minimum Gasteiger partial charge on any atom is -0.341 e. The Morgan fingerprint density at radius 2 is 1.59 bits per heavy atom. The summed E-state index contributed by atoms with van der Waals surface area (Å²) in [6.45, 7) is 6.48. The first-order valence-corrected chi connectivity index (χ1v) is 6.97. The number of hydrogen-bond donors (Lipinski definition) is 0. The number of aromatic nitrogens is 2. The van der Waals surface area contributed by atoms with E-state index in [9.17, 15) is 0 Å². The Hall–Kier alpha value is -0.830. The Bertz CT molecular complexity index is 292. The fraction of sp³-hybridized carbons (Fsp3) is 0.692. The summed E-state index contributed by atoms with van der Waals surface area (Å²) in [5.74, 6) is 1.31.